The Morgan fingerprint density at radius 1 is 0.875 bits per heavy atom. The molecule has 0 spiro atoms. The molecule has 0 saturated carbocycles. The zero-order chi connectivity index (χ0) is 28.4. The second kappa shape index (κ2) is 10.8. The van der Waals surface area contributed by atoms with E-state index >= 15 is 0 Å². The van der Waals surface area contributed by atoms with Crippen LogP contribution in [0.5, 0.6) is 28.7 Å². The van der Waals surface area contributed by atoms with Crippen LogP contribution in [0.1, 0.15) is 16.1 Å². The first-order chi connectivity index (χ1) is 19.3. The van der Waals surface area contributed by atoms with Crippen molar-refractivity contribution in [3.05, 3.63) is 65.9 Å². The van der Waals surface area contributed by atoms with Gasteiger partial charge < -0.3 is 43.6 Å². The lowest BCUT2D eigenvalue weighted by atomic mass is 10.0. The maximum Gasteiger partial charge on any atom is 0.353 e. The van der Waals surface area contributed by atoms with E-state index in [1.165, 1.54) is 17.7 Å². The summed E-state index contributed by atoms with van der Waals surface area (Å²) in [6, 6.07) is 14.7. The van der Waals surface area contributed by atoms with E-state index in [9.17, 15) is 24.6 Å². The van der Waals surface area contributed by atoms with E-state index in [0.29, 0.717) is 39.3 Å². The molecule has 0 saturated heterocycles. The fraction of sp³-hybridized carbons (Fsp3) is 0.179. The number of hydrogen-bond donors (Lipinski definition) is 3. The van der Waals surface area contributed by atoms with E-state index in [2.05, 4.69) is 0 Å². The highest BCUT2D eigenvalue weighted by atomic mass is 16.7. The van der Waals surface area contributed by atoms with Gasteiger partial charge in [-0.25, -0.2) is 14.4 Å². The highest BCUT2D eigenvalue weighted by Gasteiger charge is 2.28. The Balaban J connectivity index is 1.74. The van der Waals surface area contributed by atoms with Gasteiger partial charge in [-0.3, -0.25) is 0 Å². The van der Waals surface area contributed by atoms with Gasteiger partial charge in [-0.15, -0.1) is 0 Å². The van der Waals surface area contributed by atoms with Gasteiger partial charge in [0.2, 0.25) is 6.79 Å². The Hall–Kier alpha value is -5.39. The predicted octanol–water partition coefficient (Wildman–Crippen LogP) is 3.72. The Morgan fingerprint density at radius 3 is 2.30 bits per heavy atom. The van der Waals surface area contributed by atoms with Crippen molar-refractivity contribution in [2.75, 3.05) is 27.1 Å². The van der Waals surface area contributed by atoms with Crippen LogP contribution in [-0.4, -0.2) is 64.9 Å². The summed E-state index contributed by atoms with van der Waals surface area (Å²) in [5, 5.41) is 29.2. The zero-order valence-corrected chi connectivity index (χ0v) is 21.1. The third-order valence-corrected chi connectivity index (χ3v) is 6.22. The normalized spacial score (nSPS) is 11.8. The minimum absolute atomic E-state index is 0.0237. The van der Waals surface area contributed by atoms with Crippen molar-refractivity contribution >= 4 is 28.8 Å². The number of rotatable bonds is 11. The molecular weight excluding hydrogens is 526 g/mol. The van der Waals surface area contributed by atoms with Crippen LogP contribution in [0.4, 0.5) is 0 Å². The summed E-state index contributed by atoms with van der Waals surface area (Å²) < 4.78 is 28.8. The molecule has 3 aromatic carbocycles. The molecule has 12 heteroatoms. The van der Waals surface area contributed by atoms with E-state index in [-0.39, 0.29) is 36.1 Å². The van der Waals surface area contributed by atoms with Crippen molar-refractivity contribution in [2.45, 2.75) is 6.54 Å². The lowest BCUT2D eigenvalue weighted by Crippen LogP contribution is -2.14. The molecule has 206 valence electrons. The first-order valence-electron chi connectivity index (χ1n) is 11.9. The number of nitrogens with zero attached hydrogens (tertiary/aromatic N) is 1. The van der Waals surface area contributed by atoms with E-state index in [1.807, 2.05) is 0 Å². The molecule has 1 aliphatic rings. The average molecular weight is 549 g/mol. The number of carbonyl (C=O) groups is 3. The van der Waals surface area contributed by atoms with Crippen molar-refractivity contribution in [2.24, 2.45) is 0 Å². The highest BCUT2D eigenvalue weighted by Crippen LogP contribution is 2.44. The fourth-order valence-electron chi connectivity index (χ4n) is 4.59. The molecule has 5 rings (SSSR count). The first kappa shape index (κ1) is 26.2. The lowest BCUT2D eigenvalue weighted by Gasteiger charge is -2.15. The van der Waals surface area contributed by atoms with Crippen molar-refractivity contribution in [1.29, 1.82) is 0 Å². The molecule has 1 aliphatic heterocycles. The number of aromatic carboxylic acids is 1. The summed E-state index contributed by atoms with van der Waals surface area (Å²) >= 11 is 0. The number of aliphatic carboxylic acids is 2. The summed E-state index contributed by atoms with van der Waals surface area (Å²) in [5.41, 5.74) is 1.57. The summed E-state index contributed by atoms with van der Waals surface area (Å²) in [6.07, 6.45) is 0. The number of methoxy groups -OCH3 is 1. The van der Waals surface area contributed by atoms with Gasteiger partial charge in [0.05, 0.1) is 24.6 Å². The monoisotopic (exact) mass is 549 g/mol. The number of fused-ring (bicyclic) bond motifs is 2. The van der Waals surface area contributed by atoms with Crippen molar-refractivity contribution in [3.8, 4) is 39.9 Å². The lowest BCUT2D eigenvalue weighted by molar-refractivity contribution is -0.140. The molecule has 4 aromatic rings. The molecule has 0 radical (unpaired) electrons. The van der Waals surface area contributed by atoms with Crippen molar-refractivity contribution < 1.29 is 53.4 Å². The van der Waals surface area contributed by atoms with Crippen LogP contribution >= 0.6 is 0 Å². The van der Waals surface area contributed by atoms with E-state index < -0.39 is 31.1 Å². The Bertz CT molecular complexity index is 1640. The minimum Gasteiger partial charge on any atom is -0.497 e. The van der Waals surface area contributed by atoms with Crippen LogP contribution in [-0.2, 0) is 16.1 Å². The summed E-state index contributed by atoms with van der Waals surface area (Å²) in [6.45, 7) is -1.27. The van der Waals surface area contributed by atoms with Gasteiger partial charge in [0.15, 0.2) is 24.7 Å². The van der Waals surface area contributed by atoms with E-state index in [1.54, 1.807) is 48.5 Å². The van der Waals surface area contributed by atoms with Crippen molar-refractivity contribution in [3.63, 3.8) is 0 Å². The average Bonchev–Trinajstić information content (AvgIpc) is 3.53. The minimum atomic E-state index is -1.26. The number of benzene rings is 3. The molecule has 12 nitrogen and oxygen atoms in total. The van der Waals surface area contributed by atoms with Gasteiger partial charge in [0, 0.05) is 17.2 Å². The van der Waals surface area contributed by atoms with E-state index in [0.717, 1.165) is 0 Å². The number of aromatic nitrogens is 1. The largest absolute Gasteiger partial charge is 0.497 e. The molecule has 0 atom stereocenters. The number of carboxylic acid groups (broad SMARTS) is 3. The van der Waals surface area contributed by atoms with Crippen molar-refractivity contribution in [1.82, 2.24) is 4.57 Å². The second-order valence-corrected chi connectivity index (χ2v) is 8.67. The molecule has 1 aromatic heterocycles. The van der Waals surface area contributed by atoms with Gasteiger partial charge in [0.25, 0.3) is 0 Å². The molecular formula is C28H23NO11. The summed E-state index contributed by atoms with van der Waals surface area (Å²) in [4.78, 5) is 35.3. The van der Waals surface area contributed by atoms with Gasteiger partial charge in [-0.2, -0.15) is 0 Å². The molecule has 3 N–H and O–H groups in total. The highest BCUT2D eigenvalue weighted by molar-refractivity contribution is 6.10. The maximum atomic E-state index is 12.8. The molecule has 0 amide bonds. The smallest absolute Gasteiger partial charge is 0.353 e. The predicted molar refractivity (Wildman–Crippen MR) is 139 cm³/mol. The second-order valence-electron chi connectivity index (χ2n) is 8.67. The SMILES string of the molecule is COc1ccc(Cn2c(C(=O)O)c(-c3ccc4c(c3)OCO4)c3c(OCC(=O)O)cccc32)c(OCC(=O)O)c1. The summed E-state index contributed by atoms with van der Waals surface area (Å²) in [7, 11) is 1.45. The van der Waals surface area contributed by atoms with Gasteiger partial charge in [-0.1, -0.05) is 12.1 Å². The number of hydrogen-bond acceptors (Lipinski definition) is 8. The quantitative estimate of drug-likeness (QED) is 0.250. The Kier molecular flexibility index (Phi) is 7.06. The standard InChI is InChI=1S/C28H23NO11/c1-36-17-7-5-16(21(10-17)38-13-24(32)33)11-29-18-3-2-4-20(37-12-23(30)31)26(18)25(27(29)28(34)35)15-6-8-19-22(9-15)40-14-39-19/h2-10H,11-14H2,1H3,(H,30,31)(H,32,33)(H,34,35). The zero-order valence-electron chi connectivity index (χ0n) is 21.1. The number of carboxylic acids is 3. The van der Waals surface area contributed by atoms with Gasteiger partial charge in [0.1, 0.15) is 22.9 Å². The summed E-state index contributed by atoms with van der Waals surface area (Å²) in [5.74, 6) is -1.91. The van der Waals surface area contributed by atoms with Gasteiger partial charge >= 0.3 is 17.9 Å². The van der Waals surface area contributed by atoms with Gasteiger partial charge in [-0.05, 0) is 42.0 Å². The third kappa shape index (κ3) is 5.01. The van der Waals surface area contributed by atoms with Crippen LogP contribution in [0, 0.1) is 0 Å². The molecule has 40 heavy (non-hydrogen) atoms. The van der Waals surface area contributed by atoms with Crippen LogP contribution in [0.2, 0.25) is 0 Å². The topological polar surface area (TPSA) is 163 Å². The Labute approximate surface area is 226 Å². The fourth-order valence-corrected chi connectivity index (χ4v) is 4.59. The molecule has 0 aliphatic carbocycles. The number of ether oxygens (including phenoxy) is 5. The van der Waals surface area contributed by atoms with Crippen LogP contribution < -0.4 is 23.7 Å². The first-order valence-corrected chi connectivity index (χ1v) is 11.9. The molecule has 0 fully saturated rings. The maximum absolute atomic E-state index is 12.8. The molecule has 0 unspecified atom stereocenters. The van der Waals surface area contributed by atoms with Crippen LogP contribution in [0.25, 0.3) is 22.0 Å². The van der Waals surface area contributed by atoms with Crippen LogP contribution in [0.15, 0.2) is 54.6 Å². The Morgan fingerprint density at radius 2 is 1.60 bits per heavy atom. The molecule has 2 heterocycles. The third-order valence-electron chi connectivity index (χ3n) is 6.22. The van der Waals surface area contributed by atoms with Crippen LogP contribution in [0.3, 0.4) is 0 Å². The van der Waals surface area contributed by atoms with E-state index in [4.69, 9.17) is 28.8 Å². The molecule has 0 bridgehead atoms.